The molecule has 19 heavy (non-hydrogen) atoms. The molecule has 0 amide bonds. The van der Waals surface area contributed by atoms with E-state index >= 15 is 0 Å². The molecular weight excluding hydrogens is 268 g/mol. The van der Waals surface area contributed by atoms with E-state index in [2.05, 4.69) is 12.6 Å². The number of benzene rings is 1. The summed E-state index contributed by atoms with van der Waals surface area (Å²) in [5.74, 6) is -0.101. The Morgan fingerprint density at radius 1 is 1.42 bits per heavy atom. The minimum absolute atomic E-state index is 0.146. The highest BCUT2D eigenvalue weighted by molar-refractivity contribution is 7.80. The Morgan fingerprint density at radius 3 is 2.63 bits per heavy atom. The standard InChI is InChI=1S/C13H18O5S/c1-18-11-3-2-8(7-12(15)16)6-9(11)13(17)10(14)4-5-19/h2-3,6,10,13-14,17,19H,4-5,7H2,1H3,(H,15,16). The van der Waals surface area contributed by atoms with Crippen molar-refractivity contribution in [2.24, 2.45) is 0 Å². The average molecular weight is 286 g/mol. The van der Waals surface area contributed by atoms with Crippen molar-refractivity contribution in [2.45, 2.75) is 25.0 Å². The number of rotatable bonds is 7. The van der Waals surface area contributed by atoms with Crippen molar-refractivity contribution in [3.05, 3.63) is 29.3 Å². The molecule has 1 rings (SSSR count). The van der Waals surface area contributed by atoms with Gasteiger partial charge in [-0.05, 0) is 29.9 Å². The number of thiol groups is 1. The lowest BCUT2D eigenvalue weighted by Crippen LogP contribution is -2.19. The summed E-state index contributed by atoms with van der Waals surface area (Å²) in [5.41, 5.74) is 0.927. The molecule has 2 atom stereocenters. The normalized spacial score (nSPS) is 13.9. The quantitative estimate of drug-likeness (QED) is 0.563. The number of methoxy groups -OCH3 is 1. The third-order valence-corrected chi connectivity index (χ3v) is 3.02. The Bertz CT molecular complexity index is 435. The average Bonchev–Trinajstić information content (AvgIpc) is 2.37. The topological polar surface area (TPSA) is 87.0 Å². The van der Waals surface area contributed by atoms with Crippen molar-refractivity contribution in [1.29, 1.82) is 0 Å². The van der Waals surface area contributed by atoms with Crippen LogP contribution in [0.4, 0.5) is 0 Å². The summed E-state index contributed by atoms with van der Waals surface area (Å²) in [6.45, 7) is 0. The van der Waals surface area contributed by atoms with Gasteiger partial charge < -0.3 is 20.1 Å². The molecule has 0 fully saturated rings. The Kier molecular flexibility index (Phi) is 6.14. The molecule has 0 spiro atoms. The molecule has 6 heteroatoms. The second-order valence-electron chi connectivity index (χ2n) is 4.17. The van der Waals surface area contributed by atoms with Gasteiger partial charge in [-0.1, -0.05) is 6.07 Å². The van der Waals surface area contributed by atoms with E-state index in [0.29, 0.717) is 29.1 Å². The fraction of sp³-hybridized carbons (Fsp3) is 0.462. The molecule has 106 valence electrons. The van der Waals surface area contributed by atoms with Crippen LogP contribution in [0.2, 0.25) is 0 Å². The van der Waals surface area contributed by atoms with Crippen LogP contribution in [-0.2, 0) is 11.2 Å². The number of carbonyl (C=O) groups is 1. The highest BCUT2D eigenvalue weighted by atomic mass is 32.1. The Balaban J connectivity index is 3.04. The fourth-order valence-electron chi connectivity index (χ4n) is 1.80. The highest BCUT2D eigenvalue weighted by Crippen LogP contribution is 2.29. The SMILES string of the molecule is COc1ccc(CC(=O)O)cc1C(O)C(O)CCS. The van der Waals surface area contributed by atoms with Crippen molar-refractivity contribution in [3.8, 4) is 5.75 Å². The third-order valence-electron chi connectivity index (χ3n) is 2.76. The first-order valence-electron chi connectivity index (χ1n) is 5.85. The first-order valence-corrected chi connectivity index (χ1v) is 6.48. The zero-order chi connectivity index (χ0) is 14.4. The highest BCUT2D eigenvalue weighted by Gasteiger charge is 2.22. The van der Waals surface area contributed by atoms with Crippen molar-refractivity contribution in [3.63, 3.8) is 0 Å². The number of aliphatic hydroxyl groups excluding tert-OH is 2. The maximum atomic E-state index is 10.7. The molecule has 5 nitrogen and oxygen atoms in total. The van der Waals surface area contributed by atoms with Crippen LogP contribution < -0.4 is 4.74 Å². The van der Waals surface area contributed by atoms with Gasteiger partial charge in [0.15, 0.2) is 0 Å². The summed E-state index contributed by atoms with van der Waals surface area (Å²) in [6.07, 6.45) is -1.91. The zero-order valence-corrected chi connectivity index (χ0v) is 11.5. The van der Waals surface area contributed by atoms with Gasteiger partial charge in [-0.15, -0.1) is 0 Å². The molecule has 0 bridgehead atoms. The lowest BCUT2D eigenvalue weighted by Gasteiger charge is -2.20. The van der Waals surface area contributed by atoms with Crippen LogP contribution in [0, 0.1) is 0 Å². The maximum Gasteiger partial charge on any atom is 0.307 e. The zero-order valence-electron chi connectivity index (χ0n) is 10.6. The Morgan fingerprint density at radius 2 is 2.11 bits per heavy atom. The van der Waals surface area contributed by atoms with Gasteiger partial charge in [0.25, 0.3) is 0 Å². The molecule has 0 heterocycles. The lowest BCUT2D eigenvalue weighted by atomic mass is 9.98. The summed E-state index contributed by atoms with van der Waals surface area (Å²) >= 11 is 4.00. The van der Waals surface area contributed by atoms with E-state index in [-0.39, 0.29) is 6.42 Å². The van der Waals surface area contributed by atoms with E-state index < -0.39 is 18.2 Å². The van der Waals surface area contributed by atoms with Crippen LogP contribution in [0.1, 0.15) is 23.7 Å². The minimum Gasteiger partial charge on any atom is -0.496 e. The monoisotopic (exact) mass is 286 g/mol. The summed E-state index contributed by atoms with van der Waals surface area (Å²) < 4.78 is 5.12. The van der Waals surface area contributed by atoms with Gasteiger partial charge in [0, 0.05) is 5.56 Å². The second-order valence-corrected chi connectivity index (χ2v) is 4.62. The maximum absolute atomic E-state index is 10.7. The van der Waals surface area contributed by atoms with Gasteiger partial charge in [-0.3, -0.25) is 4.79 Å². The molecule has 0 aliphatic carbocycles. The van der Waals surface area contributed by atoms with E-state index in [4.69, 9.17) is 9.84 Å². The molecule has 3 N–H and O–H groups in total. The van der Waals surface area contributed by atoms with Crippen molar-refractivity contribution in [2.75, 3.05) is 12.9 Å². The Labute approximate surface area is 117 Å². The summed E-state index contributed by atoms with van der Waals surface area (Å²) in [7, 11) is 1.45. The van der Waals surface area contributed by atoms with Crippen LogP contribution in [-0.4, -0.2) is 40.3 Å². The van der Waals surface area contributed by atoms with Gasteiger partial charge in [0.05, 0.1) is 19.6 Å². The molecule has 0 aliphatic rings. The molecule has 0 aromatic heterocycles. The molecule has 1 aromatic carbocycles. The third kappa shape index (κ3) is 4.41. The number of aliphatic hydroxyl groups is 2. The molecular formula is C13H18O5S. The number of hydrogen-bond acceptors (Lipinski definition) is 5. The molecule has 0 aliphatic heterocycles. The van der Waals surface area contributed by atoms with E-state index in [9.17, 15) is 15.0 Å². The van der Waals surface area contributed by atoms with Crippen molar-refractivity contribution in [1.82, 2.24) is 0 Å². The molecule has 0 saturated carbocycles. The van der Waals surface area contributed by atoms with Crippen LogP contribution in [0.25, 0.3) is 0 Å². The number of hydrogen-bond donors (Lipinski definition) is 4. The van der Waals surface area contributed by atoms with E-state index in [0.717, 1.165) is 0 Å². The van der Waals surface area contributed by atoms with Crippen LogP contribution in [0.5, 0.6) is 5.75 Å². The van der Waals surface area contributed by atoms with Gasteiger partial charge >= 0.3 is 5.97 Å². The second kappa shape index (κ2) is 7.37. The van der Waals surface area contributed by atoms with Gasteiger partial charge in [-0.2, -0.15) is 12.6 Å². The molecule has 2 unspecified atom stereocenters. The fourth-order valence-corrected chi connectivity index (χ4v) is 2.06. The summed E-state index contributed by atoms with van der Waals surface area (Å²) in [4.78, 5) is 10.7. The molecule has 0 saturated heterocycles. The minimum atomic E-state index is -1.13. The largest absolute Gasteiger partial charge is 0.496 e. The number of carboxylic acids is 1. The van der Waals surface area contributed by atoms with Crippen LogP contribution in [0.15, 0.2) is 18.2 Å². The number of aliphatic carboxylic acids is 1. The molecule has 0 radical (unpaired) electrons. The van der Waals surface area contributed by atoms with Gasteiger partial charge in [0.2, 0.25) is 0 Å². The summed E-state index contributed by atoms with van der Waals surface area (Å²) in [5, 5.41) is 28.6. The predicted molar refractivity (Wildman–Crippen MR) is 73.8 cm³/mol. The van der Waals surface area contributed by atoms with Crippen LogP contribution >= 0.6 is 12.6 Å². The van der Waals surface area contributed by atoms with Gasteiger partial charge in [0.1, 0.15) is 11.9 Å². The van der Waals surface area contributed by atoms with Crippen molar-refractivity contribution >= 4 is 18.6 Å². The lowest BCUT2D eigenvalue weighted by molar-refractivity contribution is -0.136. The summed E-state index contributed by atoms with van der Waals surface area (Å²) in [6, 6.07) is 4.75. The number of carboxylic acid groups (broad SMARTS) is 1. The van der Waals surface area contributed by atoms with E-state index in [1.165, 1.54) is 7.11 Å². The number of ether oxygens (including phenoxy) is 1. The van der Waals surface area contributed by atoms with E-state index in [1.54, 1.807) is 18.2 Å². The van der Waals surface area contributed by atoms with E-state index in [1.807, 2.05) is 0 Å². The first-order chi connectivity index (χ1) is 8.99. The first kappa shape index (κ1) is 15.8. The van der Waals surface area contributed by atoms with Crippen molar-refractivity contribution < 1.29 is 24.9 Å². The Hall–Kier alpha value is -1.24. The smallest absolute Gasteiger partial charge is 0.307 e. The van der Waals surface area contributed by atoms with Gasteiger partial charge in [-0.25, -0.2) is 0 Å². The van der Waals surface area contributed by atoms with Crippen LogP contribution in [0.3, 0.4) is 0 Å². The molecule has 1 aromatic rings. The predicted octanol–water partition coefficient (Wildman–Crippen LogP) is 1.04.